The zero-order valence-corrected chi connectivity index (χ0v) is 16.8. The van der Waals surface area contributed by atoms with Crippen molar-refractivity contribution in [3.63, 3.8) is 0 Å². The minimum atomic E-state index is -0.545. The van der Waals surface area contributed by atoms with E-state index in [1.54, 1.807) is 0 Å². The molecule has 1 heterocycles. The number of nitro benzene ring substituents is 1. The van der Waals surface area contributed by atoms with E-state index in [-0.39, 0.29) is 22.3 Å². The van der Waals surface area contributed by atoms with E-state index < -0.39 is 10.8 Å². The Morgan fingerprint density at radius 1 is 1.21 bits per heavy atom. The number of halogens is 1. The van der Waals surface area contributed by atoms with Crippen LogP contribution < -0.4 is 10.2 Å². The van der Waals surface area contributed by atoms with E-state index in [0.717, 1.165) is 24.6 Å². The van der Waals surface area contributed by atoms with Crippen LogP contribution in [0.5, 0.6) is 0 Å². The fourth-order valence-corrected chi connectivity index (χ4v) is 3.60. The Morgan fingerprint density at radius 2 is 1.86 bits per heavy atom. The number of carbonyl (C=O) groups excluding carboxylic acids is 1. The van der Waals surface area contributed by atoms with Crippen LogP contribution >= 0.6 is 11.6 Å². The van der Waals surface area contributed by atoms with Gasteiger partial charge in [-0.05, 0) is 49.4 Å². The number of amides is 1. The summed E-state index contributed by atoms with van der Waals surface area (Å²) in [5.41, 5.74) is 2.09. The van der Waals surface area contributed by atoms with E-state index in [4.69, 9.17) is 11.6 Å². The largest absolute Gasteiger partial charge is 0.372 e. The number of nitrogens with zero attached hydrogens (tertiary/aromatic N) is 2. The molecule has 1 aliphatic rings. The summed E-state index contributed by atoms with van der Waals surface area (Å²) >= 11 is 6.05. The number of hydrogen-bond acceptors (Lipinski definition) is 4. The first kappa shape index (κ1) is 20.1. The lowest BCUT2D eigenvalue weighted by atomic mass is 9.98. The summed E-state index contributed by atoms with van der Waals surface area (Å²) in [5, 5.41) is 14.0. The SMILES string of the molecule is CC1CCN(c2ccc([C@H](C)NC(=O)c3cc([N+](=O)[O-])ccc3Cl)cc2)CC1. The summed E-state index contributed by atoms with van der Waals surface area (Å²) < 4.78 is 0. The topological polar surface area (TPSA) is 75.5 Å². The molecule has 3 rings (SSSR count). The quantitative estimate of drug-likeness (QED) is 0.566. The molecular weight excluding hydrogens is 378 g/mol. The number of piperidine rings is 1. The van der Waals surface area contributed by atoms with Gasteiger partial charge < -0.3 is 10.2 Å². The van der Waals surface area contributed by atoms with Crippen LogP contribution in [0.25, 0.3) is 0 Å². The van der Waals surface area contributed by atoms with Gasteiger partial charge in [0.2, 0.25) is 0 Å². The lowest BCUT2D eigenvalue weighted by Gasteiger charge is -2.32. The molecule has 1 N–H and O–H groups in total. The van der Waals surface area contributed by atoms with Gasteiger partial charge in [-0.2, -0.15) is 0 Å². The van der Waals surface area contributed by atoms with Crippen LogP contribution in [0.15, 0.2) is 42.5 Å². The summed E-state index contributed by atoms with van der Waals surface area (Å²) in [6.07, 6.45) is 2.41. The molecule has 1 amide bonds. The van der Waals surface area contributed by atoms with Gasteiger partial charge in [-0.3, -0.25) is 14.9 Å². The summed E-state index contributed by atoms with van der Waals surface area (Å²) in [4.78, 5) is 25.3. The van der Waals surface area contributed by atoms with Crippen LogP contribution in [0.1, 0.15) is 48.7 Å². The van der Waals surface area contributed by atoms with E-state index in [2.05, 4.69) is 29.3 Å². The smallest absolute Gasteiger partial charge is 0.270 e. The van der Waals surface area contributed by atoms with E-state index in [0.29, 0.717) is 0 Å². The van der Waals surface area contributed by atoms with Gasteiger partial charge in [-0.1, -0.05) is 30.7 Å². The summed E-state index contributed by atoms with van der Waals surface area (Å²) in [6, 6.07) is 11.8. The lowest BCUT2D eigenvalue weighted by Crippen LogP contribution is -2.32. The van der Waals surface area contributed by atoms with E-state index in [9.17, 15) is 14.9 Å². The molecule has 148 valence electrons. The van der Waals surface area contributed by atoms with Crippen LogP contribution in [-0.2, 0) is 0 Å². The maximum atomic E-state index is 12.5. The van der Waals surface area contributed by atoms with Crippen molar-refractivity contribution in [1.82, 2.24) is 5.32 Å². The summed E-state index contributed by atoms with van der Waals surface area (Å²) in [5.74, 6) is 0.349. The predicted octanol–water partition coefficient (Wildman–Crippen LogP) is 4.98. The Morgan fingerprint density at radius 3 is 2.46 bits per heavy atom. The Balaban J connectivity index is 1.67. The second-order valence-electron chi connectivity index (χ2n) is 7.38. The summed E-state index contributed by atoms with van der Waals surface area (Å²) in [6.45, 7) is 6.30. The Labute approximate surface area is 169 Å². The third kappa shape index (κ3) is 4.62. The van der Waals surface area contributed by atoms with Crippen molar-refractivity contribution in [3.05, 3.63) is 68.7 Å². The van der Waals surface area contributed by atoms with Gasteiger partial charge in [0, 0.05) is 30.9 Å². The number of non-ortho nitro benzene ring substituents is 1. The maximum absolute atomic E-state index is 12.5. The highest BCUT2D eigenvalue weighted by Crippen LogP contribution is 2.26. The van der Waals surface area contributed by atoms with Gasteiger partial charge in [-0.15, -0.1) is 0 Å². The number of carbonyl (C=O) groups is 1. The zero-order valence-electron chi connectivity index (χ0n) is 16.0. The summed E-state index contributed by atoms with van der Waals surface area (Å²) in [7, 11) is 0. The molecule has 1 aliphatic heterocycles. The fourth-order valence-electron chi connectivity index (χ4n) is 3.40. The van der Waals surface area contributed by atoms with Crippen LogP contribution in [0, 0.1) is 16.0 Å². The van der Waals surface area contributed by atoms with Crippen LogP contribution in [0.2, 0.25) is 5.02 Å². The second kappa shape index (κ2) is 8.61. The fraction of sp³-hybridized carbons (Fsp3) is 0.381. The van der Waals surface area contributed by atoms with Gasteiger partial charge in [0.1, 0.15) is 0 Å². The van der Waals surface area contributed by atoms with Crippen molar-refractivity contribution in [2.24, 2.45) is 5.92 Å². The molecule has 0 aromatic heterocycles. The second-order valence-corrected chi connectivity index (χ2v) is 7.78. The molecule has 0 saturated carbocycles. The minimum Gasteiger partial charge on any atom is -0.372 e. The molecule has 0 unspecified atom stereocenters. The van der Waals surface area contributed by atoms with Gasteiger partial charge in [0.25, 0.3) is 11.6 Å². The van der Waals surface area contributed by atoms with Crippen LogP contribution in [0.4, 0.5) is 11.4 Å². The highest BCUT2D eigenvalue weighted by atomic mass is 35.5. The van der Waals surface area contributed by atoms with E-state index in [1.807, 2.05) is 19.1 Å². The third-order valence-corrected chi connectivity index (χ3v) is 5.62. The van der Waals surface area contributed by atoms with Crippen molar-refractivity contribution < 1.29 is 9.72 Å². The lowest BCUT2D eigenvalue weighted by molar-refractivity contribution is -0.384. The number of rotatable bonds is 5. The van der Waals surface area contributed by atoms with Crippen LogP contribution in [-0.4, -0.2) is 23.9 Å². The number of hydrogen-bond donors (Lipinski definition) is 1. The average molecular weight is 402 g/mol. The molecule has 1 fully saturated rings. The van der Waals surface area contributed by atoms with Gasteiger partial charge in [0.15, 0.2) is 0 Å². The van der Waals surface area contributed by atoms with Crippen molar-refractivity contribution >= 4 is 28.9 Å². The van der Waals surface area contributed by atoms with Crippen molar-refractivity contribution in [1.29, 1.82) is 0 Å². The van der Waals surface area contributed by atoms with Crippen molar-refractivity contribution in [3.8, 4) is 0 Å². The molecule has 7 heteroatoms. The van der Waals surface area contributed by atoms with E-state index in [1.165, 1.54) is 36.7 Å². The standard InChI is InChI=1S/C21H24ClN3O3/c1-14-9-11-24(12-10-14)17-5-3-16(4-6-17)15(2)23-21(26)19-13-18(25(27)28)7-8-20(19)22/h3-8,13-15H,9-12H2,1-2H3,(H,23,26)/t15-/m0/s1. The number of anilines is 1. The first-order chi connectivity index (χ1) is 13.3. The molecule has 0 spiro atoms. The Kier molecular flexibility index (Phi) is 6.19. The maximum Gasteiger partial charge on any atom is 0.270 e. The molecule has 0 aliphatic carbocycles. The van der Waals surface area contributed by atoms with Gasteiger partial charge >= 0.3 is 0 Å². The number of benzene rings is 2. The average Bonchev–Trinajstić information content (AvgIpc) is 2.68. The molecule has 2 aromatic carbocycles. The highest BCUT2D eigenvalue weighted by Gasteiger charge is 2.19. The Bertz CT molecular complexity index is 862. The molecular formula is C21H24ClN3O3. The van der Waals surface area contributed by atoms with Crippen molar-refractivity contribution in [2.45, 2.75) is 32.7 Å². The number of nitrogens with one attached hydrogen (secondary N) is 1. The minimum absolute atomic E-state index is 0.0989. The third-order valence-electron chi connectivity index (χ3n) is 5.29. The molecule has 1 atom stereocenters. The molecule has 6 nitrogen and oxygen atoms in total. The molecule has 1 saturated heterocycles. The first-order valence-electron chi connectivity index (χ1n) is 9.45. The van der Waals surface area contributed by atoms with Crippen molar-refractivity contribution in [2.75, 3.05) is 18.0 Å². The predicted molar refractivity (Wildman–Crippen MR) is 111 cm³/mol. The monoisotopic (exact) mass is 401 g/mol. The van der Waals surface area contributed by atoms with Crippen LogP contribution in [0.3, 0.4) is 0 Å². The molecule has 2 aromatic rings. The van der Waals surface area contributed by atoms with Gasteiger partial charge in [0.05, 0.1) is 21.6 Å². The number of nitro groups is 1. The first-order valence-corrected chi connectivity index (χ1v) is 9.82. The van der Waals surface area contributed by atoms with E-state index >= 15 is 0 Å². The normalized spacial score (nSPS) is 15.9. The Hall–Kier alpha value is -2.60. The molecule has 0 bridgehead atoms. The molecule has 0 radical (unpaired) electrons. The van der Waals surface area contributed by atoms with Gasteiger partial charge in [-0.25, -0.2) is 0 Å². The molecule has 28 heavy (non-hydrogen) atoms. The highest BCUT2D eigenvalue weighted by molar-refractivity contribution is 6.33. The zero-order chi connectivity index (χ0) is 20.3.